The minimum absolute atomic E-state index is 0.141. The van der Waals surface area contributed by atoms with E-state index in [1.807, 2.05) is 0 Å². The maximum absolute atomic E-state index is 12.3. The van der Waals surface area contributed by atoms with Gasteiger partial charge in [-0.2, -0.15) is 0 Å². The fourth-order valence-electron chi connectivity index (χ4n) is 2.17. The summed E-state index contributed by atoms with van der Waals surface area (Å²) in [5, 5.41) is 20.4. The molecule has 1 saturated heterocycles. The fourth-order valence-corrected chi connectivity index (χ4v) is 2.17. The molecule has 2 atom stereocenters. The highest BCUT2D eigenvalue weighted by atomic mass is 16.6. The first-order valence-corrected chi connectivity index (χ1v) is 6.39. The number of rotatable bonds is 4. The molecular weight excluding hydrogens is 272 g/mol. The lowest BCUT2D eigenvalue weighted by atomic mass is 9.73. The van der Waals surface area contributed by atoms with E-state index in [-0.39, 0.29) is 12.4 Å². The van der Waals surface area contributed by atoms with Crippen LogP contribution in [0.3, 0.4) is 0 Å². The summed E-state index contributed by atoms with van der Waals surface area (Å²) in [6.45, 7) is 4.89. The molecule has 110 valence electrons. The molecule has 0 radical (unpaired) electrons. The standard InChI is InChI=1S/C16H16O5/c1-3-15(2)10-21-14(19)16(15,20)13(18)9-12(17)11-7-5-4-6-8-11/h3-9,17,20H,1,10H2,2H3. The van der Waals surface area contributed by atoms with Crippen molar-refractivity contribution >= 4 is 17.5 Å². The molecule has 0 spiro atoms. The van der Waals surface area contributed by atoms with E-state index < -0.39 is 22.8 Å². The topological polar surface area (TPSA) is 83.8 Å². The Balaban J connectivity index is 2.39. The number of ether oxygens (including phenoxy) is 1. The van der Waals surface area contributed by atoms with Crippen molar-refractivity contribution in [2.24, 2.45) is 5.41 Å². The smallest absolute Gasteiger partial charge is 0.347 e. The average molecular weight is 288 g/mol. The second-order valence-corrected chi connectivity index (χ2v) is 5.17. The lowest BCUT2D eigenvalue weighted by Gasteiger charge is -2.29. The van der Waals surface area contributed by atoms with Crippen LogP contribution >= 0.6 is 0 Å². The van der Waals surface area contributed by atoms with Crippen LogP contribution in [0, 0.1) is 5.41 Å². The zero-order valence-corrected chi connectivity index (χ0v) is 11.6. The van der Waals surface area contributed by atoms with Crippen LogP contribution in [0.5, 0.6) is 0 Å². The van der Waals surface area contributed by atoms with Crippen molar-refractivity contribution in [3.8, 4) is 0 Å². The van der Waals surface area contributed by atoms with Crippen molar-refractivity contribution in [1.29, 1.82) is 0 Å². The zero-order valence-electron chi connectivity index (χ0n) is 11.6. The van der Waals surface area contributed by atoms with Crippen LogP contribution in [0.2, 0.25) is 0 Å². The van der Waals surface area contributed by atoms with Crippen LogP contribution < -0.4 is 0 Å². The highest BCUT2D eigenvalue weighted by Gasteiger charge is 2.62. The van der Waals surface area contributed by atoms with Crippen LogP contribution in [0.15, 0.2) is 49.1 Å². The first kappa shape index (κ1) is 15.0. The number of carbonyl (C=O) groups is 2. The highest BCUT2D eigenvalue weighted by Crippen LogP contribution is 2.41. The van der Waals surface area contributed by atoms with E-state index in [0.717, 1.165) is 6.08 Å². The first-order valence-electron chi connectivity index (χ1n) is 6.39. The van der Waals surface area contributed by atoms with Crippen molar-refractivity contribution in [3.63, 3.8) is 0 Å². The number of cyclic esters (lactones) is 1. The molecule has 0 aliphatic carbocycles. The van der Waals surface area contributed by atoms with Gasteiger partial charge in [-0.15, -0.1) is 6.58 Å². The van der Waals surface area contributed by atoms with Crippen molar-refractivity contribution in [1.82, 2.24) is 0 Å². The monoisotopic (exact) mass is 288 g/mol. The quantitative estimate of drug-likeness (QED) is 0.289. The molecule has 5 heteroatoms. The van der Waals surface area contributed by atoms with Gasteiger partial charge in [0.2, 0.25) is 11.4 Å². The SMILES string of the molecule is C=CC1(C)COC(=O)C1(O)C(=O)C=C(O)c1ccccc1. The van der Waals surface area contributed by atoms with E-state index >= 15 is 0 Å². The molecular formula is C16H16O5. The third-order valence-electron chi connectivity index (χ3n) is 3.77. The molecule has 2 N–H and O–H groups in total. The Labute approximate surface area is 122 Å². The number of ketones is 1. The van der Waals surface area contributed by atoms with E-state index in [4.69, 9.17) is 4.74 Å². The van der Waals surface area contributed by atoms with E-state index in [1.165, 1.54) is 13.0 Å². The predicted octanol–water partition coefficient (Wildman–Crippen LogP) is 1.63. The number of hydrogen-bond donors (Lipinski definition) is 2. The van der Waals surface area contributed by atoms with E-state index in [1.54, 1.807) is 30.3 Å². The number of esters is 1. The van der Waals surface area contributed by atoms with Gasteiger partial charge < -0.3 is 14.9 Å². The summed E-state index contributed by atoms with van der Waals surface area (Å²) < 4.78 is 4.79. The maximum atomic E-state index is 12.3. The summed E-state index contributed by atoms with van der Waals surface area (Å²) >= 11 is 0. The van der Waals surface area contributed by atoms with Crippen molar-refractivity contribution in [2.75, 3.05) is 6.61 Å². The molecule has 2 unspecified atom stereocenters. The van der Waals surface area contributed by atoms with Gasteiger partial charge in [0.15, 0.2) is 0 Å². The predicted molar refractivity (Wildman–Crippen MR) is 76.3 cm³/mol. The molecule has 1 aromatic rings. The normalized spacial score (nSPS) is 29.0. The second kappa shape index (κ2) is 5.18. The van der Waals surface area contributed by atoms with Crippen LogP contribution in [-0.4, -0.2) is 34.2 Å². The fraction of sp³-hybridized carbons (Fsp3) is 0.250. The second-order valence-electron chi connectivity index (χ2n) is 5.17. The number of aliphatic hydroxyl groups excluding tert-OH is 1. The minimum atomic E-state index is -2.38. The van der Waals surface area contributed by atoms with Crippen molar-refractivity contribution in [3.05, 3.63) is 54.6 Å². The summed E-state index contributed by atoms with van der Waals surface area (Å²) in [6.07, 6.45) is 2.15. The summed E-state index contributed by atoms with van der Waals surface area (Å²) in [5.41, 5.74) is -3.22. The third-order valence-corrected chi connectivity index (χ3v) is 3.77. The molecule has 1 fully saturated rings. The number of carbonyl (C=O) groups excluding carboxylic acids is 2. The molecule has 0 saturated carbocycles. The Morgan fingerprint density at radius 1 is 1.38 bits per heavy atom. The van der Waals surface area contributed by atoms with Gasteiger partial charge in [-0.1, -0.05) is 36.4 Å². The van der Waals surface area contributed by atoms with Gasteiger partial charge in [0.25, 0.3) is 0 Å². The van der Waals surface area contributed by atoms with E-state index in [9.17, 15) is 19.8 Å². The first-order chi connectivity index (χ1) is 9.85. The molecule has 1 aromatic carbocycles. The summed E-state index contributed by atoms with van der Waals surface area (Å²) in [7, 11) is 0. The van der Waals surface area contributed by atoms with E-state index in [2.05, 4.69) is 6.58 Å². The van der Waals surface area contributed by atoms with Crippen molar-refractivity contribution < 1.29 is 24.5 Å². The largest absolute Gasteiger partial charge is 0.507 e. The van der Waals surface area contributed by atoms with Gasteiger partial charge in [0.05, 0.1) is 5.41 Å². The molecule has 0 aromatic heterocycles. The molecule has 0 amide bonds. The highest BCUT2D eigenvalue weighted by molar-refractivity contribution is 6.16. The van der Waals surface area contributed by atoms with Gasteiger partial charge in [-0.05, 0) is 6.92 Å². The van der Waals surface area contributed by atoms with Gasteiger partial charge in [0.1, 0.15) is 12.4 Å². The van der Waals surface area contributed by atoms with E-state index in [0.29, 0.717) is 5.56 Å². The Hall–Kier alpha value is -2.40. The van der Waals surface area contributed by atoms with Crippen LogP contribution in [0.4, 0.5) is 0 Å². The van der Waals surface area contributed by atoms with Crippen LogP contribution in [-0.2, 0) is 14.3 Å². The van der Waals surface area contributed by atoms with Gasteiger partial charge in [-0.3, -0.25) is 4.79 Å². The molecule has 0 bridgehead atoms. The summed E-state index contributed by atoms with van der Waals surface area (Å²) in [6, 6.07) is 8.34. The van der Waals surface area contributed by atoms with Gasteiger partial charge >= 0.3 is 5.97 Å². The Morgan fingerprint density at radius 2 is 2.00 bits per heavy atom. The number of aliphatic hydroxyl groups is 2. The minimum Gasteiger partial charge on any atom is -0.507 e. The summed E-state index contributed by atoms with van der Waals surface area (Å²) in [5.74, 6) is -2.30. The zero-order chi connectivity index (χ0) is 15.7. The molecule has 1 aliphatic rings. The Bertz CT molecular complexity index is 619. The Kier molecular flexibility index (Phi) is 3.70. The third kappa shape index (κ3) is 2.25. The van der Waals surface area contributed by atoms with Crippen LogP contribution in [0.1, 0.15) is 12.5 Å². The summed E-state index contributed by atoms with van der Waals surface area (Å²) in [4.78, 5) is 24.1. The van der Waals surface area contributed by atoms with Crippen LogP contribution in [0.25, 0.3) is 5.76 Å². The maximum Gasteiger partial charge on any atom is 0.347 e. The number of benzene rings is 1. The number of hydrogen-bond acceptors (Lipinski definition) is 5. The van der Waals surface area contributed by atoms with Gasteiger partial charge in [0, 0.05) is 11.6 Å². The average Bonchev–Trinajstić information content (AvgIpc) is 2.74. The van der Waals surface area contributed by atoms with Gasteiger partial charge in [-0.25, -0.2) is 4.79 Å². The molecule has 2 rings (SSSR count). The molecule has 1 heterocycles. The molecule has 21 heavy (non-hydrogen) atoms. The van der Waals surface area contributed by atoms with Crippen molar-refractivity contribution in [2.45, 2.75) is 12.5 Å². The Morgan fingerprint density at radius 3 is 2.57 bits per heavy atom. The lowest BCUT2D eigenvalue weighted by Crippen LogP contribution is -2.53. The molecule has 5 nitrogen and oxygen atoms in total. The molecule has 1 aliphatic heterocycles. The lowest BCUT2D eigenvalue weighted by molar-refractivity contribution is -0.160.